The van der Waals surface area contributed by atoms with Crippen LogP contribution in [-0.2, 0) is 11.2 Å². The number of hydrogen-bond acceptors (Lipinski definition) is 5. The number of nitrogen functional groups attached to an aromatic ring is 1. The molecule has 6 nitrogen and oxygen atoms in total. The summed E-state index contributed by atoms with van der Waals surface area (Å²) in [6.45, 7) is 0. The number of anilines is 2. The van der Waals surface area contributed by atoms with Crippen LogP contribution in [0.15, 0.2) is 48.5 Å². The number of methoxy groups -OCH3 is 2. The van der Waals surface area contributed by atoms with Crippen molar-refractivity contribution < 1.29 is 14.3 Å². The second kappa shape index (κ2) is 10.7. The lowest BCUT2D eigenvalue weighted by molar-refractivity contribution is -0.111. The molecular weight excluding hydrogens is 425 g/mol. The zero-order valence-electron chi connectivity index (χ0n) is 16.6. The lowest BCUT2D eigenvalue weighted by Gasteiger charge is -2.15. The van der Waals surface area contributed by atoms with Crippen molar-refractivity contribution in [3.63, 3.8) is 0 Å². The first-order chi connectivity index (χ1) is 14.1. The molecule has 1 heterocycles. The number of benzene rings is 2. The topological polar surface area (TPSA) is 86.5 Å². The molecule has 0 saturated heterocycles. The minimum absolute atomic E-state index is 0. The van der Waals surface area contributed by atoms with E-state index in [1.807, 2.05) is 24.3 Å². The molecule has 158 valence electrons. The highest BCUT2D eigenvalue weighted by atomic mass is 35.5. The van der Waals surface area contributed by atoms with Gasteiger partial charge in [-0.05, 0) is 35.6 Å². The van der Waals surface area contributed by atoms with Crippen molar-refractivity contribution in [1.82, 2.24) is 4.98 Å². The Bertz CT molecular complexity index is 1070. The van der Waals surface area contributed by atoms with Gasteiger partial charge in [0.05, 0.1) is 14.2 Å². The molecule has 2 aromatic carbocycles. The summed E-state index contributed by atoms with van der Waals surface area (Å²) in [5.74, 6) is 0.932. The van der Waals surface area contributed by atoms with Gasteiger partial charge in [0.25, 0.3) is 0 Å². The minimum atomic E-state index is -0.298. The van der Waals surface area contributed by atoms with Gasteiger partial charge >= 0.3 is 0 Å². The summed E-state index contributed by atoms with van der Waals surface area (Å²) in [6.07, 6.45) is 3.66. The highest BCUT2D eigenvalue weighted by molar-refractivity contribution is 6.18. The van der Waals surface area contributed by atoms with E-state index in [9.17, 15) is 4.79 Å². The van der Waals surface area contributed by atoms with Gasteiger partial charge in [0, 0.05) is 40.3 Å². The summed E-state index contributed by atoms with van der Waals surface area (Å²) in [5.41, 5.74) is 9.04. The molecule has 30 heavy (non-hydrogen) atoms. The largest absolute Gasteiger partial charge is 0.481 e. The van der Waals surface area contributed by atoms with E-state index >= 15 is 0 Å². The number of carbonyl (C=O) groups excluding carboxylic acids is 1. The monoisotopic (exact) mass is 447 g/mol. The summed E-state index contributed by atoms with van der Waals surface area (Å²) < 4.78 is 10.3. The molecule has 0 aliphatic rings. The van der Waals surface area contributed by atoms with Gasteiger partial charge in [-0.3, -0.25) is 4.79 Å². The molecule has 0 bridgehead atoms. The van der Waals surface area contributed by atoms with Crippen molar-refractivity contribution in [2.75, 3.05) is 31.2 Å². The van der Waals surface area contributed by atoms with Crippen LogP contribution in [-0.4, -0.2) is 31.0 Å². The highest BCUT2D eigenvalue weighted by Gasteiger charge is 2.12. The molecule has 0 aliphatic heterocycles. The van der Waals surface area contributed by atoms with Crippen LogP contribution in [0.5, 0.6) is 11.8 Å². The van der Waals surface area contributed by atoms with E-state index in [-0.39, 0.29) is 18.3 Å². The van der Waals surface area contributed by atoms with Gasteiger partial charge in [-0.15, -0.1) is 24.0 Å². The summed E-state index contributed by atoms with van der Waals surface area (Å²) in [6, 6.07) is 13.0. The highest BCUT2D eigenvalue weighted by Crippen LogP contribution is 2.32. The number of alkyl halides is 1. The van der Waals surface area contributed by atoms with Crippen LogP contribution in [0.4, 0.5) is 11.4 Å². The molecular formula is C22H23Cl2N3O3. The number of pyridine rings is 1. The minimum Gasteiger partial charge on any atom is -0.481 e. The number of halogens is 2. The van der Waals surface area contributed by atoms with E-state index in [1.54, 1.807) is 24.3 Å². The number of amides is 1. The van der Waals surface area contributed by atoms with Gasteiger partial charge in [0.2, 0.25) is 17.7 Å². The van der Waals surface area contributed by atoms with Crippen molar-refractivity contribution in [2.45, 2.75) is 6.42 Å². The average molecular weight is 448 g/mol. The Kier molecular flexibility index (Phi) is 8.33. The molecule has 3 N–H and O–H groups in total. The van der Waals surface area contributed by atoms with E-state index in [2.05, 4.69) is 10.3 Å². The number of rotatable bonds is 7. The fourth-order valence-electron chi connectivity index (χ4n) is 3.12. The van der Waals surface area contributed by atoms with Crippen molar-refractivity contribution in [3.8, 4) is 11.8 Å². The molecule has 0 spiro atoms. The van der Waals surface area contributed by atoms with Crippen LogP contribution in [0.2, 0.25) is 0 Å². The molecule has 1 amide bonds. The number of aryl methyl sites for hydroxylation is 1. The number of nitrogens with two attached hydrogens (primary N) is 1. The smallest absolute Gasteiger partial charge is 0.248 e. The second-order valence-electron chi connectivity index (χ2n) is 6.25. The van der Waals surface area contributed by atoms with Gasteiger partial charge in [0.15, 0.2) is 0 Å². The Morgan fingerprint density at radius 3 is 2.57 bits per heavy atom. The number of nitrogens with one attached hydrogen (secondary N) is 1. The van der Waals surface area contributed by atoms with E-state index in [4.69, 9.17) is 26.8 Å². The molecule has 0 radical (unpaired) electrons. The lowest BCUT2D eigenvalue weighted by atomic mass is 9.99. The summed E-state index contributed by atoms with van der Waals surface area (Å²) in [7, 11) is 3.04. The van der Waals surface area contributed by atoms with Crippen LogP contribution in [0.25, 0.3) is 16.8 Å². The van der Waals surface area contributed by atoms with Crippen molar-refractivity contribution in [3.05, 3.63) is 59.7 Å². The molecule has 8 heteroatoms. The second-order valence-corrected chi connectivity index (χ2v) is 6.63. The van der Waals surface area contributed by atoms with Gasteiger partial charge in [-0.1, -0.05) is 24.3 Å². The quantitative estimate of drug-likeness (QED) is 0.311. The summed E-state index contributed by atoms with van der Waals surface area (Å²) >= 11 is 6.00. The van der Waals surface area contributed by atoms with Crippen molar-refractivity contribution >= 4 is 58.1 Å². The van der Waals surface area contributed by atoms with Crippen LogP contribution in [0, 0.1) is 0 Å². The number of carbonyl (C=O) groups is 1. The SMILES string of the molecule is COc1ccc(/C=C/C(=O)Nc2cc(N)c3ccccc3c2CCCl)c(OC)n1.Cl. The maximum atomic E-state index is 12.6. The Hall–Kier alpha value is -2.96. The molecule has 0 fully saturated rings. The van der Waals surface area contributed by atoms with Gasteiger partial charge < -0.3 is 20.5 Å². The normalized spacial score (nSPS) is 10.6. The number of nitrogens with zero attached hydrogens (tertiary/aromatic N) is 1. The first kappa shape index (κ1) is 23.3. The third-order valence-corrected chi connectivity index (χ3v) is 4.66. The predicted octanol–water partition coefficient (Wildman–Crippen LogP) is 4.69. The van der Waals surface area contributed by atoms with Gasteiger partial charge in [-0.25, -0.2) is 0 Å². The molecule has 3 rings (SSSR count). The Morgan fingerprint density at radius 2 is 1.90 bits per heavy atom. The predicted molar refractivity (Wildman–Crippen MR) is 125 cm³/mol. The summed E-state index contributed by atoms with van der Waals surface area (Å²) in [5, 5.41) is 4.83. The van der Waals surface area contributed by atoms with E-state index in [0.29, 0.717) is 41.0 Å². The fourth-order valence-corrected chi connectivity index (χ4v) is 3.31. The van der Waals surface area contributed by atoms with Crippen LogP contribution in [0.1, 0.15) is 11.1 Å². The van der Waals surface area contributed by atoms with Crippen LogP contribution < -0.4 is 20.5 Å². The third-order valence-electron chi connectivity index (χ3n) is 4.47. The van der Waals surface area contributed by atoms with E-state index in [0.717, 1.165) is 16.3 Å². The molecule has 0 saturated carbocycles. The standard InChI is InChI=1S/C22H22ClN3O3.ClH/c1-28-21-10-8-14(22(26-21)29-2)7-9-20(27)25-19-13-18(24)16-6-4-3-5-15(16)17(19)11-12-23;/h3-10,13H,11-12,24H2,1-2H3,(H,25,27);1H/b9-7+;. The summed E-state index contributed by atoms with van der Waals surface area (Å²) in [4.78, 5) is 16.8. The molecule has 1 aromatic heterocycles. The van der Waals surface area contributed by atoms with E-state index < -0.39 is 0 Å². The van der Waals surface area contributed by atoms with Crippen molar-refractivity contribution in [1.29, 1.82) is 0 Å². The average Bonchev–Trinajstić information content (AvgIpc) is 2.74. The fraction of sp³-hybridized carbons (Fsp3) is 0.182. The Balaban J connectivity index is 0.00000320. The maximum absolute atomic E-state index is 12.6. The number of ether oxygens (including phenoxy) is 2. The van der Waals surface area contributed by atoms with Crippen molar-refractivity contribution in [2.24, 2.45) is 0 Å². The number of aromatic nitrogens is 1. The zero-order valence-corrected chi connectivity index (χ0v) is 18.2. The lowest BCUT2D eigenvalue weighted by Crippen LogP contribution is -2.11. The van der Waals surface area contributed by atoms with Gasteiger partial charge in [0.1, 0.15) is 0 Å². The molecule has 0 aliphatic carbocycles. The Labute approximate surface area is 186 Å². The molecule has 0 unspecified atom stereocenters. The van der Waals surface area contributed by atoms with Crippen LogP contribution >= 0.6 is 24.0 Å². The number of fused-ring (bicyclic) bond motifs is 1. The van der Waals surface area contributed by atoms with Crippen LogP contribution in [0.3, 0.4) is 0 Å². The van der Waals surface area contributed by atoms with E-state index in [1.165, 1.54) is 20.3 Å². The Morgan fingerprint density at radius 1 is 1.17 bits per heavy atom. The zero-order chi connectivity index (χ0) is 20.8. The van der Waals surface area contributed by atoms with Gasteiger partial charge in [-0.2, -0.15) is 4.98 Å². The third kappa shape index (κ3) is 5.14. The first-order valence-corrected chi connectivity index (χ1v) is 9.55. The maximum Gasteiger partial charge on any atom is 0.248 e. The molecule has 3 aromatic rings. The first-order valence-electron chi connectivity index (χ1n) is 9.01. The molecule has 0 atom stereocenters. The number of hydrogen-bond donors (Lipinski definition) is 2.